The molecule has 0 bridgehead atoms. The molecule has 0 aromatic heterocycles. The third kappa shape index (κ3) is 14.7. The van der Waals surface area contributed by atoms with E-state index in [1.807, 2.05) is 0 Å². The first-order chi connectivity index (χ1) is 17.8. The van der Waals surface area contributed by atoms with Crippen LogP contribution in [-0.4, -0.2) is 109 Å². The zero-order valence-electron chi connectivity index (χ0n) is 21.9. The Balaban J connectivity index is 5.43. The summed E-state index contributed by atoms with van der Waals surface area (Å²) in [6, 6.07) is -3.89. The largest absolute Gasteiger partial charge is 0.480 e. The highest BCUT2D eigenvalue weighted by molar-refractivity contribution is 6.26. The van der Waals surface area contributed by atoms with Gasteiger partial charge in [-0.05, 0) is 40.3 Å². The summed E-state index contributed by atoms with van der Waals surface area (Å²) in [5.74, 6) is -5.23. The van der Waals surface area contributed by atoms with Gasteiger partial charge in [0.2, 0.25) is 17.7 Å². The summed E-state index contributed by atoms with van der Waals surface area (Å²) < 4.78 is 4.92. The number of rotatable bonds is 20. The lowest BCUT2D eigenvalue weighted by Crippen LogP contribution is -2.52. The highest BCUT2D eigenvalue weighted by atomic mass is 16.5. The van der Waals surface area contributed by atoms with E-state index in [9.17, 15) is 38.7 Å². The number of hydrogen-bond acceptors (Lipinski definition) is 11. The number of nitrogens with zero attached hydrogens (tertiary/aromatic N) is 1. The summed E-state index contributed by atoms with van der Waals surface area (Å²) >= 11 is 0. The van der Waals surface area contributed by atoms with E-state index < -0.39 is 53.6 Å². The maximum Gasteiger partial charge on any atom is 0.328 e. The lowest BCUT2D eigenvalue weighted by molar-refractivity contribution is -0.148. The Morgan fingerprint density at radius 3 is 2.00 bits per heavy atom. The summed E-state index contributed by atoms with van der Waals surface area (Å²) in [7, 11) is 3.25. The van der Waals surface area contributed by atoms with Gasteiger partial charge in [-0.15, -0.1) is 0 Å². The highest BCUT2D eigenvalue weighted by Gasteiger charge is 2.29. The van der Waals surface area contributed by atoms with E-state index in [0.717, 1.165) is 0 Å². The second-order valence-corrected chi connectivity index (χ2v) is 8.60. The van der Waals surface area contributed by atoms with Crippen molar-refractivity contribution in [3.63, 3.8) is 0 Å². The number of ketones is 2. The number of ether oxygens (including phenoxy) is 1. The van der Waals surface area contributed by atoms with Crippen LogP contribution >= 0.6 is 0 Å². The lowest BCUT2D eigenvalue weighted by atomic mass is 10.0. The Bertz CT molecular complexity index is 877. The van der Waals surface area contributed by atoms with Crippen LogP contribution in [-0.2, 0) is 38.3 Å². The molecule has 0 rings (SSSR count). The molecule has 0 radical (unpaired) electrons. The summed E-state index contributed by atoms with van der Waals surface area (Å²) in [5.41, 5.74) is 5.31. The quantitative estimate of drug-likeness (QED) is 0.0708. The number of carbonyl (C=O) groups excluding carboxylic acids is 6. The molecule has 0 saturated heterocycles. The smallest absolute Gasteiger partial charge is 0.328 e. The number of Topliss-reactive ketones (excluding diaryl/α,β-unsaturated/α-hetero) is 2. The van der Waals surface area contributed by atoms with Gasteiger partial charge in [-0.2, -0.15) is 0 Å². The minimum atomic E-state index is -1.35. The van der Waals surface area contributed by atoms with E-state index in [1.165, 1.54) is 4.90 Å². The van der Waals surface area contributed by atoms with E-state index in [-0.39, 0.29) is 64.0 Å². The standard InChI is InChI=1S/C23H38N6O9/c1-4-38-23(37)18(8-6-15(31)12-25)28-21(34)16(7-5-14(30)11-24)26-19(32)10-9-17(22(35)36)27-20(33)13-29(2)3/h12,16-18,25H,4-11,13,24H2,1-3H3,(H,26,32)(H,27,33)(H,28,34)(H,35,36). The van der Waals surface area contributed by atoms with Gasteiger partial charge in [-0.1, -0.05) is 0 Å². The molecule has 0 aliphatic heterocycles. The molecule has 3 amide bonds. The van der Waals surface area contributed by atoms with Gasteiger partial charge in [-0.25, -0.2) is 9.59 Å². The number of carboxylic acid groups (broad SMARTS) is 1. The molecule has 0 saturated carbocycles. The molecule has 3 atom stereocenters. The molecule has 38 heavy (non-hydrogen) atoms. The number of hydrogen-bond donors (Lipinski definition) is 6. The molecule has 0 fully saturated rings. The Hall–Kier alpha value is -3.72. The van der Waals surface area contributed by atoms with Crippen molar-refractivity contribution in [3.8, 4) is 0 Å². The molecule has 0 aromatic carbocycles. The fraction of sp³-hybridized carbons (Fsp3) is 0.652. The maximum atomic E-state index is 12.9. The number of likely N-dealkylation sites (N-methyl/N-ethyl adjacent to an activating group) is 1. The van der Waals surface area contributed by atoms with Crippen LogP contribution in [0.25, 0.3) is 0 Å². The number of amides is 3. The molecule has 0 aromatic rings. The van der Waals surface area contributed by atoms with Crippen LogP contribution in [0.4, 0.5) is 0 Å². The van der Waals surface area contributed by atoms with Gasteiger partial charge >= 0.3 is 11.9 Å². The minimum absolute atomic E-state index is 0.00467. The van der Waals surface area contributed by atoms with E-state index in [1.54, 1.807) is 21.0 Å². The third-order valence-electron chi connectivity index (χ3n) is 5.07. The molecule has 3 unspecified atom stereocenters. The average Bonchev–Trinajstić information content (AvgIpc) is 2.85. The Morgan fingerprint density at radius 2 is 1.47 bits per heavy atom. The van der Waals surface area contributed by atoms with Crippen LogP contribution < -0.4 is 21.7 Å². The molecule has 0 heterocycles. The van der Waals surface area contributed by atoms with Crippen molar-refractivity contribution in [2.45, 2.75) is 63.6 Å². The van der Waals surface area contributed by atoms with Gasteiger partial charge in [0, 0.05) is 19.3 Å². The van der Waals surface area contributed by atoms with Gasteiger partial charge in [0.1, 0.15) is 23.9 Å². The van der Waals surface area contributed by atoms with Gasteiger partial charge in [0.15, 0.2) is 5.78 Å². The first kappa shape index (κ1) is 34.3. The minimum Gasteiger partial charge on any atom is -0.480 e. The molecule has 0 aliphatic rings. The first-order valence-electron chi connectivity index (χ1n) is 12.0. The monoisotopic (exact) mass is 542 g/mol. The van der Waals surface area contributed by atoms with Crippen molar-refractivity contribution < 1.29 is 43.4 Å². The fourth-order valence-electron chi connectivity index (χ4n) is 3.13. The van der Waals surface area contributed by atoms with E-state index in [4.69, 9.17) is 15.9 Å². The van der Waals surface area contributed by atoms with Gasteiger partial charge < -0.3 is 41.8 Å². The second-order valence-electron chi connectivity index (χ2n) is 8.60. The Kier molecular flexibility index (Phi) is 16.7. The molecular formula is C23H38N6O9. The fourth-order valence-corrected chi connectivity index (χ4v) is 3.13. The van der Waals surface area contributed by atoms with Crippen LogP contribution in [0, 0.1) is 5.41 Å². The normalized spacial score (nSPS) is 13.0. The maximum absolute atomic E-state index is 12.9. The zero-order valence-corrected chi connectivity index (χ0v) is 21.9. The van der Waals surface area contributed by atoms with Gasteiger partial charge in [0.05, 0.1) is 25.9 Å². The van der Waals surface area contributed by atoms with Crippen molar-refractivity contribution in [1.29, 1.82) is 5.41 Å². The Morgan fingerprint density at radius 1 is 0.895 bits per heavy atom. The molecule has 15 heteroatoms. The van der Waals surface area contributed by atoms with Crippen molar-refractivity contribution >= 4 is 47.4 Å². The van der Waals surface area contributed by atoms with Gasteiger partial charge in [0.25, 0.3) is 0 Å². The van der Waals surface area contributed by atoms with Crippen LogP contribution in [0.1, 0.15) is 45.4 Å². The molecule has 15 nitrogen and oxygen atoms in total. The lowest BCUT2D eigenvalue weighted by Gasteiger charge is -2.23. The summed E-state index contributed by atoms with van der Waals surface area (Å²) in [6.07, 6.45) is -0.760. The van der Waals surface area contributed by atoms with E-state index in [2.05, 4.69) is 16.0 Å². The number of esters is 1. The first-order valence-corrected chi connectivity index (χ1v) is 12.0. The molecular weight excluding hydrogens is 504 g/mol. The Labute approximate surface area is 220 Å². The van der Waals surface area contributed by atoms with Gasteiger partial charge in [-0.3, -0.25) is 24.0 Å². The number of nitrogens with one attached hydrogen (secondary N) is 4. The van der Waals surface area contributed by atoms with Crippen molar-refractivity contribution in [1.82, 2.24) is 20.9 Å². The summed E-state index contributed by atoms with van der Waals surface area (Å²) in [5, 5.41) is 23.5. The second kappa shape index (κ2) is 18.5. The topological polar surface area (TPSA) is 238 Å². The molecule has 0 aliphatic carbocycles. The molecule has 214 valence electrons. The molecule has 7 N–H and O–H groups in total. The van der Waals surface area contributed by atoms with Crippen molar-refractivity contribution in [2.24, 2.45) is 5.73 Å². The molecule has 0 spiro atoms. The van der Waals surface area contributed by atoms with Crippen molar-refractivity contribution in [3.05, 3.63) is 0 Å². The number of carbonyl (C=O) groups is 7. The number of aliphatic carboxylic acids is 1. The third-order valence-corrected chi connectivity index (χ3v) is 5.07. The highest BCUT2D eigenvalue weighted by Crippen LogP contribution is 2.06. The van der Waals surface area contributed by atoms with Crippen LogP contribution in [0.15, 0.2) is 0 Å². The number of nitrogens with two attached hydrogens (primary N) is 1. The SMILES string of the molecule is CCOC(=O)C(CCC(=O)C=N)NC(=O)C(CCC(=O)CN)NC(=O)CCC(NC(=O)CN(C)C)C(=O)O. The van der Waals surface area contributed by atoms with Crippen LogP contribution in [0.5, 0.6) is 0 Å². The zero-order chi connectivity index (χ0) is 29.3. The van der Waals surface area contributed by atoms with Crippen LogP contribution in [0.3, 0.4) is 0 Å². The summed E-state index contributed by atoms with van der Waals surface area (Å²) in [4.78, 5) is 85.9. The average molecular weight is 543 g/mol. The van der Waals surface area contributed by atoms with Crippen molar-refractivity contribution in [2.75, 3.05) is 33.8 Å². The summed E-state index contributed by atoms with van der Waals surface area (Å²) in [6.45, 7) is 1.21. The number of carboxylic acids is 1. The van der Waals surface area contributed by atoms with E-state index in [0.29, 0.717) is 6.21 Å². The predicted octanol–water partition coefficient (Wildman–Crippen LogP) is -2.26. The predicted molar refractivity (Wildman–Crippen MR) is 134 cm³/mol. The van der Waals surface area contributed by atoms with Crippen LogP contribution in [0.2, 0.25) is 0 Å². The van der Waals surface area contributed by atoms with E-state index >= 15 is 0 Å².